The minimum Gasteiger partial charge on any atom is -0.490 e. The summed E-state index contributed by atoms with van der Waals surface area (Å²) in [6.45, 7) is 4.26. The quantitative estimate of drug-likeness (QED) is 0.525. The molecular formula is C20H21N3O7. The number of carbonyl (C=O) groups is 2. The number of ether oxygens (including phenoxy) is 4. The van der Waals surface area contributed by atoms with Gasteiger partial charge in [-0.3, -0.25) is 0 Å². The summed E-state index contributed by atoms with van der Waals surface area (Å²) < 4.78 is 26.5. The fourth-order valence-corrected chi connectivity index (χ4v) is 2.63. The number of nitrogens with one attached hydrogen (secondary N) is 1. The molecule has 0 spiro atoms. The van der Waals surface area contributed by atoms with E-state index in [1.807, 2.05) is 6.92 Å². The molecule has 2 aromatic heterocycles. The first-order valence-corrected chi connectivity index (χ1v) is 9.22. The second-order valence-corrected chi connectivity index (χ2v) is 5.88. The molecule has 3 rings (SSSR count). The van der Waals surface area contributed by atoms with Crippen molar-refractivity contribution in [2.75, 3.05) is 20.3 Å². The maximum atomic E-state index is 12.1. The van der Waals surface area contributed by atoms with Gasteiger partial charge in [0.1, 0.15) is 18.1 Å². The number of H-pyrrole nitrogens is 1. The minimum absolute atomic E-state index is 0.0778. The van der Waals surface area contributed by atoms with E-state index in [0.29, 0.717) is 35.1 Å². The largest absolute Gasteiger partial charge is 0.490 e. The van der Waals surface area contributed by atoms with Crippen LogP contribution in [0.4, 0.5) is 0 Å². The van der Waals surface area contributed by atoms with E-state index < -0.39 is 11.9 Å². The number of hydrogen-bond donors (Lipinski definition) is 1. The highest BCUT2D eigenvalue weighted by molar-refractivity contribution is 5.94. The lowest BCUT2D eigenvalue weighted by Crippen LogP contribution is -2.07. The highest BCUT2D eigenvalue weighted by Crippen LogP contribution is 2.33. The summed E-state index contributed by atoms with van der Waals surface area (Å²) in [5, 5.41) is 10.4. The van der Waals surface area contributed by atoms with E-state index in [1.54, 1.807) is 31.2 Å². The van der Waals surface area contributed by atoms with Crippen molar-refractivity contribution < 1.29 is 33.0 Å². The van der Waals surface area contributed by atoms with Crippen molar-refractivity contribution in [3.05, 3.63) is 47.5 Å². The second kappa shape index (κ2) is 9.59. The molecule has 0 fully saturated rings. The number of furan rings is 1. The van der Waals surface area contributed by atoms with Crippen molar-refractivity contribution in [3.63, 3.8) is 0 Å². The molecule has 0 radical (unpaired) electrons. The van der Waals surface area contributed by atoms with Crippen molar-refractivity contribution in [2.45, 2.75) is 20.5 Å². The number of nitrogens with zero attached hydrogens (tertiary/aromatic N) is 2. The molecular weight excluding hydrogens is 394 g/mol. The molecule has 158 valence electrons. The molecule has 3 aromatic rings. The fraction of sp³-hybridized carbons (Fsp3) is 0.300. The molecule has 10 heteroatoms. The van der Waals surface area contributed by atoms with Gasteiger partial charge in [-0.2, -0.15) is 10.3 Å². The number of benzene rings is 1. The molecule has 0 aliphatic carbocycles. The van der Waals surface area contributed by atoms with Crippen LogP contribution in [-0.4, -0.2) is 47.7 Å². The monoisotopic (exact) mass is 415 g/mol. The predicted molar refractivity (Wildman–Crippen MR) is 103 cm³/mol. The lowest BCUT2D eigenvalue weighted by atomic mass is 10.1. The number of methoxy groups -OCH3 is 1. The van der Waals surface area contributed by atoms with Gasteiger partial charge in [-0.1, -0.05) is 0 Å². The fourth-order valence-electron chi connectivity index (χ4n) is 2.63. The molecule has 1 N–H and O–H groups in total. The number of aromatic nitrogens is 3. The summed E-state index contributed by atoms with van der Waals surface area (Å²) in [6.07, 6.45) is 0. The zero-order valence-corrected chi connectivity index (χ0v) is 16.8. The Morgan fingerprint density at radius 3 is 2.57 bits per heavy atom. The lowest BCUT2D eigenvalue weighted by Gasteiger charge is -2.12. The van der Waals surface area contributed by atoms with E-state index in [1.165, 1.54) is 13.2 Å². The SMILES string of the molecule is CCOC(=O)c1n[nH]nc1-c1ccc(OCc2ccc(C(=O)OC)o2)c(OCC)c1. The maximum absolute atomic E-state index is 12.1. The van der Waals surface area contributed by atoms with Gasteiger partial charge in [-0.05, 0) is 44.2 Å². The summed E-state index contributed by atoms with van der Waals surface area (Å²) in [6, 6.07) is 8.25. The molecule has 30 heavy (non-hydrogen) atoms. The number of rotatable bonds is 9. The van der Waals surface area contributed by atoms with Crippen LogP contribution >= 0.6 is 0 Å². The topological polar surface area (TPSA) is 126 Å². The van der Waals surface area contributed by atoms with E-state index in [9.17, 15) is 9.59 Å². The van der Waals surface area contributed by atoms with Gasteiger partial charge >= 0.3 is 11.9 Å². The third kappa shape index (κ3) is 4.59. The summed E-state index contributed by atoms with van der Waals surface area (Å²) in [7, 11) is 1.28. The van der Waals surface area contributed by atoms with Crippen LogP contribution in [0.25, 0.3) is 11.3 Å². The van der Waals surface area contributed by atoms with Crippen LogP contribution in [0.1, 0.15) is 40.7 Å². The van der Waals surface area contributed by atoms with Gasteiger partial charge in [0.15, 0.2) is 17.2 Å². The third-order valence-corrected chi connectivity index (χ3v) is 3.95. The first kappa shape index (κ1) is 20.9. The van der Waals surface area contributed by atoms with Crippen molar-refractivity contribution >= 4 is 11.9 Å². The second-order valence-electron chi connectivity index (χ2n) is 5.88. The van der Waals surface area contributed by atoms with E-state index in [0.717, 1.165) is 0 Å². The van der Waals surface area contributed by atoms with Crippen molar-refractivity contribution in [1.82, 2.24) is 15.4 Å². The molecule has 0 aliphatic heterocycles. The van der Waals surface area contributed by atoms with Gasteiger partial charge in [-0.25, -0.2) is 9.59 Å². The maximum Gasteiger partial charge on any atom is 0.373 e. The molecule has 0 unspecified atom stereocenters. The Balaban J connectivity index is 1.81. The van der Waals surface area contributed by atoms with E-state index in [-0.39, 0.29) is 24.7 Å². The molecule has 0 atom stereocenters. The van der Waals surface area contributed by atoms with Crippen molar-refractivity contribution in [1.29, 1.82) is 0 Å². The predicted octanol–water partition coefficient (Wildman–Crippen LogP) is 3.01. The molecule has 0 saturated heterocycles. The minimum atomic E-state index is -0.571. The Labute approximate surface area is 172 Å². The molecule has 0 saturated carbocycles. The van der Waals surface area contributed by atoms with Gasteiger partial charge in [0.2, 0.25) is 5.76 Å². The number of carbonyl (C=O) groups excluding carboxylic acids is 2. The first-order valence-electron chi connectivity index (χ1n) is 9.22. The molecule has 1 aromatic carbocycles. The van der Waals surface area contributed by atoms with Gasteiger partial charge in [-0.15, -0.1) is 5.10 Å². The molecule has 2 heterocycles. The van der Waals surface area contributed by atoms with Crippen LogP contribution in [0.3, 0.4) is 0 Å². The van der Waals surface area contributed by atoms with Gasteiger partial charge < -0.3 is 23.4 Å². The zero-order valence-electron chi connectivity index (χ0n) is 16.8. The highest BCUT2D eigenvalue weighted by atomic mass is 16.5. The number of aromatic amines is 1. The Kier molecular flexibility index (Phi) is 6.68. The average molecular weight is 415 g/mol. The molecule has 10 nitrogen and oxygen atoms in total. The van der Waals surface area contributed by atoms with E-state index in [4.69, 9.17) is 18.6 Å². The smallest absolute Gasteiger partial charge is 0.373 e. The van der Waals surface area contributed by atoms with Gasteiger partial charge in [0.05, 0.1) is 20.3 Å². The Morgan fingerprint density at radius 2 is 1.83 bits per heavy atom. The van der Waals surface area contributed by atoms with Crippen LogP contribution in [-0.2, 0) is 16.1 Å². The van der Waals surface area contributed by atoms with Gasteiger partial charge in [0, 0.05) is 5.56 Å². The summed E-state index contributed by atoms with van der Waals surface area (Å²) in [5.74, 6) is 0.312. The van der Waals surface area contributed by atoms with Crippen LogP contribution in [0.2, 0.25) is 0 Å². The Morgan fingerprint density at radius 1 is 1.00 bits per heavy atom. The zero-order chi connectivity index (χ0) is 21.5. The first-order chi connectivity index (χ1) is 14.6. The van der Waals surface area contributed by atoms with Crippen molar-refractivity contribution in [3.8, 4) is 22.8 Å². The average Bonchev–Trinajstić information content (AvgIpc) is 3.42. The van der Waals surface area contributed by atoms with E-state index in [2.05, 4.69) is 20.1 Å². The molecule has 0 bridgehead atoms. The number of esters is 2. The Hall–Kier alpha value is -3.82. The molecule has 0 amide bonds. The van der Waals surface area contributed by atoms with Crippen LogP contribution in [0, 0.1) is 0 Å². The summed E-state index contributed by atoms with van der Waals surface area (Å²) >= 11 is 0. The van der Waals surface area contributed by atoms with Crippen molar-refractivity contribution in [2.24, 2.45) is 0 Å². The third-order valence-electron chi connectivity index (χ3n) is 3.95. The molecule has 0 aliphatic rings. The normalized spacial score (nSPS) is 10.5. The summed E-state index contributed by atoms with van der Waals surface area (Å²) in [5.41, 5.74) is 1.03. The lowest BCUT2D eigenvalue weighted by molar-refractivity contribution is 0.0518. The van der Waals surface area contributed by atoms with Crippen LogP contribution in [0.15, 0.2) is 34.7 Å². The van der Waals surface area contributed by atoms with Gasteiger partial charge in [0.25, 0.3) is 0 Å². The standard InChI is InChI=1S/C20H21N3O7/c1-4-27-16-10-12(17-18(22-23-21-17)20(25)28-5-2)6-8-14(16)29-11-13-7-9-15(30-13)19(24)26-3/h6-10H,4-5,11H2,1-3H3,(H,21,22,23). The summed E-state index contributed by atoms with van der Waals surface area (Å²) in [4.78, 5) is 23.5. The number of hydrogen-bond acceptors (Lipinski definition) is 9. The highest BCUT2D eigenvalue weighted by Gasteiger charge is 2.20. The van der Waals surface area contributed by atoms with Crippen LogP contribution in [0.5, 0.6) is 11.5 Å². The van der Waals surface area contributed by atoms with Crippen LogP contribution < -0.4 is 9.47 Å². The Bertz CT molecular complexity index is 1030. The van der Waals surface area contributed by atoms with E-state index >= 15 is 0 Å².